The topological polar surface area (TPSA) is 210 Å². The predicted molar refractivity (Wildman–Crippen MR) is 190 cm³/mol. The minimum Gasteiger partial charge on any atom is -0.543 e. The molecule has 5 aromatic rings. The Hall–Kier alpha value is -4.82. The van der Waals surface area contributed by atoms with Crippen molar-refractivity contribution in [2.45, 2.75) is 24.5 Å². The highest BCUT2D eigenvalue weighted by Crippen LogP contribution is 2.40. The first-order valence-electron chi connectivity index (χ1n) is 14.6. The van der Waals surface area contributed by atoms with Crippen molar-refractivity contribution in [3.05, 3.63) is 85.5 Å². The van der Waals surface area contributed by atoms with Crippen LogP contribution in [-0.4, -0.2) is 73.0 Å². The molecule has 50 heavy (non-hydrogen) atoms. The predicted octanol–water partition coefficient (Wildman–Crippen LogP) is 1.68. The van der Waals surface area contributed by atoms with Gasteiger partial charge in [-0.15, -0.1) is 34.4 Å². The molecule has 15 nitrogen and oxygen atoms in total. The number of oxime groups is 1. The lowest BCUT2D eigenvalue weighted by Gasteiger charge is -2.50. The monoisotopic (exact) mass is 768 g/mol. The third-order valence-electron chi connectivity index (χ3n) is 7.80. The van der Waals surface area contributed by atoms with Crippen LogP contribution in [0.5, 0.6) is 0 Å². The number of β-lactam (4-membered cyclic amide) rings is 1. The van der Waals surface area contributed by atoms with Gasteiger partial charge in [-0.25, -0.2) is 19.5 Å². The second-order valence-electron chi connectivity index (χ2n) is 10.9. The number of carbonyl (C=O) groups excluding carboxylic acids is 3. The quantitative estimate of drug-likeness (QED) is 0.0582. The summed E-state index contributed by atoms with van der Waals surface area (Å²) in [4.78, 5) is 58.4. The molecule has 7 heterocycles. The molecule has 5 N–H and O–H groups in total. The molecular weight excluding hydrogens is 744 g/mol. The number of thiazole rings is 2. The van der Waals surface area contributed by atoms with Gasteiger partial charge < -0.3 is 36.1 Å². The van der Waals surface area contributed by atoms with Crippen molar-refractivity contribution in [3.63, 3.8) is 0 Å². The van der Waals surface area contributed by atoms with Crippen LogP contribution in [0.15, 0.2) is 75.2 Å². The molecule has 0 saturated carbocycles. The number of hydrogen-bond acceptors (Lipinski definition) is 14. The average Bonchev–Trinajstić information content (AvgIpc) is 3.91. The van der Waals surface area contributed by atoms with Crippen LogP contribution in [0.1, 0.15) is 16.1 Å². The zero-order valence-electron chi connectivity index (χ0n) is 25.8. The molecule has 0 bridgehead atoms. The number of aliphatic imine (C=N–C) groups is 1. The van der Waals surface area contributed by atoms with Crippen LogP contribution in [0.3, 0.4) is 0 Å². The molecule has 256 valence electrons. The second-order valence-corrected chi connectivity index (χ2v) is 15.5. The molecule has 7 rings (SSSR count). The van der Waals surface area contributed by atoms with Gasteiger partial charge in [-0.2, -0.15) is 0 Å². The van der Waals surface area contributed by atoms with Crippen molar-refractivity contribution >= 4 is 108 Å². The normalized spacial score (nSPS) is 18.0. The molecule has 2 aliphatic heterocycles. The molecule has 0 unspecified atom stereocenters. The van der Waals surface area contributed by atoms with E-state index >= 15 is 0 Å². The van der Waals surface area contributed by atoms with Crippen molar-refractivity contribution in [2.24, 2.45) is 15.9 Å². The Balaban J connectivity index is 1.05. The number of nitrogens with one attached hydrogen (secondary N) is 1. The molecule has 0 radical (unpaired) electrons. The van der Waals surface area contributed by atoms with Crippen LogP contribution < -0.4 is 26.5 Å². The first kappa shape index (κ1) is 33.7. The smallest absolute Gasteiger partial charge is 0.276 e. The summed E-state index contributed by atoms with van der Waals surface area (Å²) in [6.45, 7) is 0.838. The number of amides is 2. The number of nitrogens with zero attached hydrogens (tertiary/aromatic N) is 7. The van der Waals surface area contributed by atoms with Gasteiger partial charge in [0.2, 0.25) is 5.13 Å². The second kappa shape index (κ2) is 13.8. The van der Waals surface area contributed by atoms with E-state index in [4.69, 9.17) is 27.9 Å². The molecule has 2 atom stereocenters. The van der Waals surface area contributed by atoms with E-state index in [0.29, 0.717) is 28.8 Å². The Morgan fingerprint density at radius 2 is 2.14 bits per heavy atom. The highest BCUT2D eigenvalue weighted by molar-refractivity contribution is 8.00. The molecular formula is C30H25ClN10O5S4. The van der Waals surface area contributed by atoms with Crippen molar-refractivity contribution < 1.29 is 28.9 Å². The molecule has 5 aromatic heterocycles. The number of pyridine rings is 1. The van der Waals surface area contributed by atoms with Crippen molar-refractivity contribution in [1.29, 1.82) is 0 Å². The standard InChI is InChI=1S/C30H25ClN10O5S4/c1-46-38-20(19-23(31)50-29(33)36-19)25(42)35-21-26(43)41-22(28(44)45)16(13-49-27(21)41)10-39-5-3-18-14(9-39)2-6-40(18)11-17-8-15(12-48-17)24(32)37-30-34-4-7-47-30/h2-9,12,21,27H,10-11,13H2,1H3,(H5-,32,33,34,35,36,37,42,44,45)/t21-,27-/m1/s1. The average molecular weight is 769 g/mol. The van der Waals surface area contributed by atoms with E-state index in [1.165, 1.54) is 30.2 Å². The zero-order chi connectivity index (χ0) is 35.1. The lowest BCUT2D eigenvalue weighted by Crippen LogP contribution is -2.71. The number of nitrogens with two attached hydrogens (primary N) is 2. The number of carboxylic acid groups (broad SMARTS) is 1. The number of hydrogen-bond donors (Lipinski definition) is 3. The summed E-state index contributed by atoms with van der Waals surface area (Å²) in [6.07, 6.45) is 7.46. The van der Waals surface area contributed by atoms with E-state index in [1.807, 2.05) is 52.1 Å². The number of nitrogen functional groups attached to an aromatic ring is 1. The van der Waals surface area contributed by atoms with E-state index in [2.05, 4.69) is 30.0 Å². The van der Waals surface area contributed by atoms with Gasteiger partial charge in [-0.1, -0.05) is 28.1 Å². The summed E-state index contributed by atoms with van der Waals surface area (Å²) >= 11 is 11.5. The fourth-order valence-corrected chi connectivity index (χ4v) is 9.26. The maximum atomic E-state index is 13.3. The van der Waals surface area contributed by atoms with Crippen LogP contribution in [0.2, 0.25) is 4.34 Å². The lowest BCUT2D eigenvalue weighted by atomic mass is 10.0. The number of halogens is 1. The van der Waals surface area contributed by atoms with Gasteiger partial charge in [0.15, 0.2) is 29.8 Å². The number of thiophene rings is 1. The highest BCUT2D eigenvalue weighted by atomic mass is 35.5. The molecule has 2 aliphatic rings. The fourth-order valence-electron chi connectivity index (χ4n) is 5.60. The van der Waals surface area contributed by atoms with E-state index in [0.717, 1.165) is 37.6 Å². The number of rotatable bonds is 11. The highest BCUT2D eigenvalue weighted by Gasteiger charge is 2.53. The van der Waals surface area contributed by atoms with Crippen LogP contribution in [0, 0.1) is 0 Å². The van der Waals surface area contributed by atoms with Gasteiger partial charge in [-0.3, -0.25) is 14.5 Å². The van der Waals surface area contributed by atoms with E-state index in [1.54, 1.807) is 17.5 Å². The Kier molecular flexibility index (Phi) is 9.31. The number of carbonyl (C=O) groups is 3. The molecule has 20 heteroatoms. The maximum Gasteiger partial charge on any atom is 0.276 e. The summed E-state index contributed by atoms with van der Waals surface area (Å²) in [5.41, 5.74) is 13.8. The molecule has 0 aromatic carbocycles. The Bertz CT molecular complexity index is 2240. The van der Waals surface area contributed by atoms with Crippen LogP contribution in [0.4, 0.5) is 10.3 Å². The van der Waals surface area contributed by atoms with Crippen molar-refractivity contribution in [1.82, 2.24) is 24.8 Å². The van der Waals surface area contributed by atoms with Gasteiger partial charge >= 0.3 is 0 Å². The third kappa shape index (κ3) is 6.44. The first-order chi connectivity index (χ1) is 24.1. The van der Waals surface area contributed by atoms with Crippen LogP contribution >= 0.6 is 57.4 Å². The number of thioether (sulfide) groups is 1. The number of carboxylic acids is 1. The number of fused-ring (bicyclic) bond motifs is 2. The summed E-state index contributed by atoms with van der Waals surface area (Å²) in [6, 6.07) is 4.94. The van der Waals surface area contributed by atoms with E-state index < -0.39 is 29.2 Å². The van der Waals surface area contributed by atoms with Gasteiger partial charge in [0.1, 0.15) is 34.4 Å². The first-order valence-corrected chi connectivity index (χ1v) is 18.6. The Morgan fingerprint density at radius 1 is 1.30 bits per heavy atom. The minimum atomic E-state index is -1.48. The van der Waals surface area contributed by atoms with Gasteiger partial charge in [0.25, 0.3) is 11.8 Å². The largest absolute Gasteiger partial charge is 0.543 e. The summed E-state index contributed by atoms with van der Waals surface area (Å²) in [5.74, 6) is -2.15. The number of aliphatic carboxylic acids is 1. The summed E-state index contributed by atoms with van der Waals surface area (Å²) < 4.78 is 4.10. The molecule has 1 saturated heterocycles. The number of anilines is 1. The lowest BCUT2D eigenvalue weighted by molar-refractivity contribution is -0.687. The molecule has 0 spiro atoms. The van der Waals surface area contributed by atoms with Crippen molar-refractivity contribution in [3.8, 4) is 0 Å². The fraction of sp³-hybridized carbons (Fsp3) is 0.200. The van der Waals surface area contributed by atoms with E-state index in [9.17, 15) is 19.5 Å². The maximum absolute atomic E-state index is 13.3. The Labute approximate surface area is 304 Å². The zero-order valence-corrected chi connectivity index (χ0v) is 29.8. The number of amidine groups is 1. The summed E-state index contributed by atoms with van der Waals surface area (Å²) in [7, 11) is 1.24. The van der Waals surface area contributed by atoms with Crippen LogP contribution in [-0.2, 0) is 32.3 Å². The van der Waals surface area contributed by atoms with Crippen LogP contribution in [0.25, 0.3) is 10.9 Å². The minimum absolute atomic E-state index is 0.00890. The van der Waals surface area contributed by atoms with E-state index in [-0.39, 0.29) is 33.1 Å². The number of aromatic nitrogens is 4. The molecule has 0 aliphatic carbocycles. The van der Waals surface area contributed by atoms with Gasteiger partial charge in [0.05, 0.1) is 29.1 Å². The van der Waals surface area contributed by atoms with Gasteiger partial charge in [0, 0.05) is 51.0 Å². The Morgan fingerprint density at radius 3 is 2.86 bits per heavy atom. The molecule has 2 amide bonds. The third-order valence-corrected chi connectivity index (χ3v) is 11.8. The van der Waals surface area contributed by atoms with Gasteiger partial charge in [-0.05, 0) is 12.1 Å². The molecule has 1 fully saturated rings. The SMILES string of the molecule is CON=C(C(=O)N[C@@H]1C(=O)N2C(C(=O)[O-])=C(C[n+]3ccc4c(ccn4Cc4cc(C(N)=Nc5nccs5)cs4)c3)CS[C@H]12)c1nc(N)sc1Cl. The summed E-state index contributed by atoms with van der Waals surface area (Å²) in [5, 5.41) is 23.5. The van der Waals surface area contributed by atoms with Crippen molar-refractivity contribution in [2.75, 3.05) is 18.6 Å².